The van der Waals surface area contributed by atoms with Crippen LogP contribution in [0.2, 0.25) is 0 Å². The number of aliphatic hydroxyl groups is 1. The second-order valence-electron chi connectivity index (χ2n) is 6.90. The van der Waals surface area contributed by atoms with Gasteiger partial charge in [-0.05, 0) is 70.2 Å². The van der Waals surface area contributed by atoms with Crippen LogP contribution in [-0.2, 0) is 6.42 Å². The Labute approximate surface area is 123 Å². The van der Waals surface area contributed by atoms with E-state index in [1.54, 1.807) is 0 Å². The lowest BCUT2D eigenvalue weighted by Crippen LogP contribution is -2.42. The van der Waals surface area contributed by atoms with E-state index in [-0.39, 0.29) is 0 Å². The van der Waals surface area contributed by atoms with E-state index >= 15 is 0 Å². The van der Waals surface area contributed by atoms with Gasteiger partial charge in [-0.3, -0.25) is 0 Å². The van der Waals surface area contributed by atoms with Gasteiger partial charge in [0.25, 0.3) is 0 Å². The van der Waals surface area contributed by atoms with Crippen molar-refractivity contribution in [3.05, 3.63) is 34.4 Å². The van der Waals surface area contributed by atoms with Gasteiger partial charge in [-0.25, -0.2) is 0 Å². The Morgan fingerprint density at radius 2 is 1.85 bits per heavy atom. The number of aryl methyl sites for hydroxylation is 3. The molecule has 20 heavy (non-hydrogen) atoms. The molecule has 1 aromatic carbocycles. The highest BCUT2D eigenvalue weighted by molar-refractivity contribution is 5.38. The fourth-order valence-electron chi connectivity index (χ4n) is 3.57. The van der Waals surface area contributed by atoms with Crippen LogP contribution in [0.15, 0.2) is 12.1 Å². The fraction of sp³-hybridized carbons (Fsp3) is 0.667. The van der Waals surface area contributed by atoms with Gasteiger partial charge < -0.3 is 10.4 Å². The Bertz CT molecular complexity index is 435. The summed E-state index contributed by atoms with van der Waals surface area (Å²) in [6.07, 6.45) is 5.36. The maximum Gasteiger partial charge on any atom is 0.0674 e. The van der Waals surface area contributed by atoms with Gasteiger partial charge in [0.1, 0.15) is 0 Å². The highest BCUT2D eigenvalue weighted by atomic mass is 16.3. The monoisotopic (exact) mass is 275 g/mol. The highest BCUT2D eigenvalue weighted by Crippen LogP contribution is 2.26. The number of benzene rings is 1. The summed E-state index contributed by atoms with van der Waals surface area (Å²) in [5.41, 5.74) is 4.60. The lowest BCUT2D eigenvalue weighted by atomic mass is 9.84. The molecule has 1 saturated heterocycles. The van der Waals surface area contributed by atoms with Crippen LogP contribution in [0.25, 0.3) is 0 Å². The summed E-state index contributed by atoms with van der Waals surface area (Å²) in [7, 11) is 0. The van der Waals surface area contributed by atoms with E-state index in [1.165, 1.54) is 41.5 Å². The molecule has 1 aromatic rings. The van der Waals surface area contributed by atoms with Gasteiger partial charge in [0, 0.05) is 12.5 Å². The molecule has 2 unspecified atom stereocenters. The van der Waals surface area contributed by atoms with Crippen molar-refractivity contribution in [3.8, 4) is 0 Å². The Morgan fingerprint density at radius 1 is 1.20 bits per heavy atom. The predicted molar refractivity (Wildman–Crippen MR) is 85.2 cm³/mol. The number of piperidine rings is 1. The van der Waals surface area contributed by atoms with Crippen molar-refractivity contribution in [2.75, 3.05) is 6.54 Å². The number of nitrogens with one attached hydrogen (secondary N) is 1. The third-order valence-electron chi connectivity index (χ3n) is 4.50. The molecule has 2 nitrogen and oxygen atoms in total. The number of rotatable bonds is 4. The molecule has 0 amide bonds. The lowest BCUT2D eigenvalue weighted by molar-refractivity contribution is 0.0368. The first kappa shape index (κ1) is 15.5. The molecule has 0 aliphatic carbocycles. The first-order valence-electron chi connectivity index (χ1n) is 7.90. The summed E-state index contributed by atoms with van der Waals surface area (Å²) in [5, 5.41) is 14.3. The van der Waals surface area contributed by atoms with Gasteiger partial charge in [0.05, 0.1) is 5.60 Å². The summed E-state index contributed by atoms with van der Waals surface area (Å²) in [6.45, 7) is 9.54. The van der Waals surface area contributed by atoms with Crippen LogP contribution in [-0.4, -0.2) is 23.3 Å². The predicted octanol–water partition coefficient (Wildman–Crippen LogP) is 3.44. The van der Waals surface area contributed by atoms with E-state index < -0.39 is 5.60 Å². The molecule has 2 heteroatoms. The second kappa shape index (κ2) is 6.28. The minimum atomic E-state index is -0.625. The number of hydrogen-bond donors (Lipinski definition) is 2. The molecule has 1 fully saturated rings. The molecule has 0 saturated carbocycles. The van der Waals surface area contributed by atoms with Gasteiger partial charge in [-0.15, -0.1) is 0 Å². The first-order valence-corrected chi connectivity index (χ1v) is 7.90. The molecule has 112 valence electrons. The maximum atomic E-state index is 10.8. The molecule has 1 heterocycles. The summed E-state index contributed by atoms with van der Waals surface area (Å²) < 4.78 is 0. The average Bonchev–Trinajstić information content (AvgIpc) is 2.34. The fourth-order valence-corrected chi connectivity index (χ4v) is 3.57. The quantitative estimate of drug-likeness (QED) is 0.882. The molecule has 2 N–H and O–H groups in total. The van der Waals surface area contributed by atoms with Gasteiger partial charge in [-0.2, -0.15) is 0 Å². The van der Waals surface area contributed by atoms with Crippen LogP contribution in [0.1, 0.15) is 54.9 Å². The largest absolute Gasteiger partial charge is 0.390 e. The summed E-state index contributed by atoms with van der Waals surface area (Å²) in [6, 6.07) is 4.92. The lowest BCUT2D eigenvalue weighted by Gasteiger charge is -2.32. The van der Waals surface area contributed by atoms with E-state index in [0.29, 0.717) is 6.04 Å². The molecule has 2 atom stereocenters. The SMILES string of the molecule is Cc1cc(C)c(CC(C)(O)CC2CCCCN2)c(C)c1. The van der Waals surface area contributed by atoms with Crippen molar-refractivity contribution in [2.24, 2.45) is 0 Å². The summed E-state index contributed by atoms with van der Waals surface area (Å²) in [5.74, 6) is 0. The van der Waals surface area contributed by atoms with Crippen LogP contribution in [0.4, 0.5) is 0 Å². The zero-order valence-corrected chi connectivity index (χ0v) is 13.4. The molecular formula is C18H29NO. The van der Waals surface area contributed by atoms with Gasteiger partial charge in [0.15, 0.2) is 0 Å². The Morgan fingerprint density at radius 3 is 2.40 bits per heavy atom. The topological polar surface area (TPSA) is 32.3 Å². The number of hydrogen-bond acceptors (Lipinski definition) is 2. The van der Waals surface area contributed by atoms with Crippen LogP contribution in [0, 0.1) is 20.8 Å². The van der Waals surface area contributed by atoms with Crippen LogP contribution in [0.5, 0.6) is 0 Å². The van der Waals surface area contributed by atoms with Crippen molar-refractivity contribution >= 4 is 0 Å². The smallest absolute Gasteiger partial charge is 0.0674 e. The summed E-state index contributed by atoms with van der Waals surface area (Å²) in [4.78, 5) is 0. The van der Waals surface area contributed by atoms with Gasteiger partial charge in [-0.1, -0.05) is 24.1 Å². The highest BCUT2D eigenvalue weighted by Gasteiger charge is 2.27. The molecule has 0 bridgehead atoms. The first-order chi connectivity index (χ1) is 9.37. The molecule has 0 radical (unpaired) electrons. The molecule has 0 aromatic heterocycles. The van der Waals surface area contributed by atoms with Crippen molar-refractivity contribution in [2.45, 2.75) is 71.4 Å². The van der Waals surface area contributed by atoms with Crippen LogP contribution >= 0.6 is 0 Å². The van der Waals surface area contributed by atoms with Crippen molar-refractivity contribution < 1.29 is 5.11 Å². The second-order valence-corrected chi connectivity index (χ2v) is 6.90. The molecule has 2 rings (SSSR count). The van der Waals surface area contributed by atoms with Crippen LogP contribution < -0.4 is 5.32 Å². The minimum absolute atomic E-state index is 0.477. The van der Waals surface area contributed by atoms with E-state index in [9.17, 15) is 5.11 Å². The third kappa shape index (κ3) is 4.07. The zero-order valence-electron chi connectivity index (χ0n) is 13.4. The standard InChI is InChI=1S/C18H29NO/c1-13-9-14(2)17(15(3)10-13)12-18(4,20)11-16-7-5-6-8-19-16/h9-10,16,19-20H,5-8,11-12H2,1-4H3. The Kier molecular flexibility index (Phi) is 4.87. The van der Waals surface area contributed by atoms with Crippen molar-refractivity contribution in [1.82, 2.24) is 5.32 Å². The normalized spacial score (nSPS) is 22.6. The van der Waals surface area contributed by atoms with Crippen LogP contribution in [0.3, 0.4) is 0 Å². The van der Waals surface area contributed by atoms with E-state index in [0.717, 1.165) is 19.4 Å². The molecular weight excluding hydrogens is 246 g/mol. The average molecular weight is 275 g/mol. The van der Waals surface area contributed by atoms with Gasteiger partial charge >= 0.3 is 0 Å². The van der Waals surface area contributed by atoms with Crippen molar-refractivity contribution in [1.29, 1.82) is 0 Å². The Balaban J connectivity index is 2.07. The maximum absolute atomic E-state index is 10.8. The van der Waals surface area contributed by atoms with Crippen molar-refractivity contribution in [3.63, 3.8) is 0 Å². The molecule has 1 aliphatic rings. The minimum Gasteiger partial charge on any atom is -0.390 e. The molecule has 1 aliphatic heterocycles. The van der Waals surface area contributed by atoms with E-state index in [1.807, 2.05) is 6.92 Å². The third-order valence-corrected chi connectivity index (χ3v) is 4.50. The van der Waals surface area contributed by atoms with E-state index in [4.69, 9.17) is 0 Å². The van der Waals surface area contributed by atoms with Gasteiger partial charge in [0.2, 0.25) is 0 Å². The Hall–Kier alpha value is -0.860. The van der Waals surface area contributed by atoms with E-state index in [2.05, 4.69) is 38.2 Å². The zero-order chi connectivity index (χ0) is 14.8. The summed E-state index contributed by atoms with van der Waals surface area (Å²) >= 11 is 0. The molecule has 0 spiro atoms.